The zero-order valence-corrected chi connectivity index (χ0v) is 9.45. The first-order valence-electron chi connectivity index (χ1n) is 4.57. The maximum Gasteiger partial charge on any atom is 0.283 e. The van der Waals surface area contributed by atoms with Crippen LogP contribution in [0.2, 0.25) is 0 Å². The number of hydrogen-bond acceptors (Lipinski definition) is 4. The second kappa shape index (κ2) is 5.14. The Morgan fingerprint density at radius 2 is 2.27 bits per heavy atom. The largest absolute Gasteiger partial charge is 0.395 e. The highest BCUT2D eigenvalue weighted by molar-refractivity contribution is 8.00. The summed E-state index contributed by atoms with van der Waals surface area (Å²) in [5.74, 6) is 0. The molecule has 1 unspecified atom stereocenters. The van der Waals surface area contributed by atoms with E-state index in [4.69, 9.17) is 5.11 Å². The summed E-state index contributed by atoms with van der Waals surface area (Å²) in [7, 11) is 0. The SMILES string of the molecule is Cc1cccc([N+](=O)[O-])c1SC(C)CO. The molecule has 0 aromatic heterocycles. The molecule has 0 saturated heterocycles. The standard InChI is InChI=1S/C10H13NO3S/c1-7-4-3-5-9(11(13)14)10(7)15-8(2)6-12/h3-5,8,12H,6H2,1-2H3. The molecule has 1 rings (SSSR count). The average Bonchev–Trinajstić information content (AvgIpc) is 2.20. The van der Waals surface area contributed by atoms with E-state index in [9.17, 15) is 10.1 Å². The molecule has 1 aromatic rings. The highest BCUT2D eigenvalue weighted by Crippen LogP contribution is 2.34. The highest BCUT2D eigenvalue weighted by atomic mass is 32.2. The molecule has 1 N–H and O–H groups in total. The molecular formula is C10H13NO3S. The maximum absolute atomic E-state index is 10.8. The minimum atomic E-state index is -0.389. The fourth-order valence-corrected chi connectivity index (χ4v) is 2.17. The summed E-state index contributed by atoms with van der Waals surface area (Å²) in [5.41, 5.74) is 0.981. The van der Waals surface area contributed by atoms with Gasteiger partial charge < -0.3 is 5.11 Å². The Morgan fingerprint density at radius 1 is 1.60 bits per heavy atom. The summed E-state index contributed by atoms with van der Waals surface area (Å²) in [6.45, 7) is 3.68. The summed E-state index contributed by atoms with van der Waals surface area (Å²) >= 11 is 1.33. The van der Waals surface area contributed by atoms with Crippen molar-refractivity contribution in [3.8, 4) is 0 Å². The third-order valence-corrected chi connectivity index (χ3v) is 3.28. The van der Waals surface area contributed by atoms with Gasteiger partial charge in [0, 0.05) is 11.3 Å². The van der Waals surface area contributed by atoms with Gasteiger partial charge in [-0.1, -0.05) is 19.1 Å². The molecule has 82 valence electrons. The van der Waals surface area contributed by atoms with Crippen molar-refractivity contribution in [2.24, 2.45) is 0 Å². The third-order valence-electron chi connectivity index (χ3n) is 1.96. The molecule has 0 amide bonds. The van der Waals surface area contributed by atoms with E-state index in [0.29, 0.717) is 4.90 Å². The van der Waals surface area contributed by atoms with Crippen LogP contribution in [-0.2, 0) is 0 Å². The average molecular weight is 227 g/mol. The van der Waals surface area contributed by atoms with Gasteiger partial charge in [0.15, 0.2) is 0 Å². The van der Waals surface area contributed by atoms with E-state index < -0.39 is 0 Å². The first-order chi connectivity index (χ1) is 7.06. The van der Waals surface area contributed by atoms with Crippen molar-refractivity contribution in [1.82, 2.24) is 0 Å². The van der Waals surface area contributed by atoms with Crippen LogP contribution in [0.1, 0.15) is 12.5 Å². The van der Waals surface area contributed by atoms with Crippen molar-refractivity contribution in [1.29, 1.82) is 0 Å². The quantitative estimate of drug-likeness (QED) is 0.487. The Labute approximate surface area is 92.5 Å². The van der Waals surface area contributed by atoms with Gasteiger partial charge in [-0.2, -0.15) is 0 Å². The second-order valence-electron chi connectivity index (χ2n) is 3.29. The monoisotopic (exact) mass is 227 g/mol. The number of thioether (sulfide) groups is 1. The summed E-state index contributed by atoms with van der Waals surface area (Å²) in [4.78, 5) is 11.0. The normalized spacial score (nSPS) is 12.5. The van der Waals surface area contributed by atoms with E-state index in [-0.39, 0.29) is 22.5 Å². The van der Waals surface area contributed by atoms with Crippen molar-refractivity contribution < 1.29 is 10.0 Å². The number of hydrogen-bond donors (Lipinski definition) is 1. The van der Waals surface area contributed by atoms with Crippen LogP contribution in [0.25, 0.3) is 0 Å². The van der Waals surface area contributed by atoms with Crippen LogP contribution in [0.5, 0.6) is 0 Å². The van der Waals surface area contributed by atoms with Gasteiger partial charge in [-0.25, -0.2) is 0 Å². The lowest BCUT2D eigenvalue weighted by atomic mass is 10.2. The van der Waals surface area contributed by atoms with Gasteiger partial charge in [-0.05, 0) is 12.5 Å². The van der Waals surface area contributed by atoms with Crippen molar-refractivity contribution in [3.63, 3.8) is 0 Å². The lowest BCUT2D eigenvalue weighted by Crippen LogP contribution is -2.03. The first kappa shape index (κ1) is 12.0. The molecule has 0 aliphatic rings. The Bertz CT molecular complexity index is 368. The second-order valence-corrected chi connectivity index (χ2v) is 4.74. The van der Waals surface area contributed by atoms with Gasteiger partial charge in [0.25, 0.3) is 5.69 Å². The van der Waals surface area contributed by atoms with Crippen molar-refractivity contribution in [2.45, 2.75) is 24.0 Å². The Kier molecular flexibility index (Phi) is 4.11. The number of nitrogens with zero attached hydrogens (tertiary/aromatic N) is 1. The molecule has 4 nitrogen and oxygen atoms in total. The number of aliphatic hydroxyl groups excluding tert-OH is 1. The third kappa shape index (κ3) is 2.94. The number of aryl methyl sites for hydroxylation is 1. The molecule has 0 spiro atoms. The van der Waals surface area contributed by atoms with E-state index >= 15 is 0 Å². The maximum atomic E-state index is 10.8. The van der Waals surface area contributed by atoms with Gasteiger partial charge in [0.1, 0.15) is 0 Å². The van der Waals surface area contributed by atoms with Crippen LogP contribution >= 0.6 is 11.8 Å². The molecule has 1 aromatic carbocycles. The van der Waals surface area contributed by atoms with Gasteiger partial charge in [-0.3, -0.25) is 10.1 Å². The molecule has 0 radical (unpaired) electrons. The number of nitro benzene ring substituents is 1. The topological polar surface area (TPSA) is 63.4 Å². The van der Waals surface area contributed by atoms with Crippen LogP contribution in [0, 0.1) is 17.0 Å². The van der Waals surface area contributed by atoms with Crippen molar-refractivity contribution in [3.05, 3.63) is 33.9 Å². The number of nitro groups is 1. The fourth-order valence-electron chi connectivity index (χ4n) is 1.17. The Morgan fingerprint density at radius 3 is 2.80 bits per heavy atom. The van der Waals surface area contributed by atoms with E-state index in [1.807, 2.05) is 19.9 Å². The molecule has 0 fully saturated rings. The van der Waals surface area contributed by atoms with E-state index in [2.05, 4.69) is 0 Å². The lowest BCUT2D eigenvalue weighted by molar-refractivity contribution is -0.387. The highest BCUT2D eigenvalue weighted by Gasteiger charge is 2.17. The molecule has 15 heavy (non-hydrogen) atoms. The van der Waals surface area contributed by atoms with Gasteiger partial charge in [0.05, 0.1) is 16.4 Å². The lowest BCUT2D eigenvalue weighted by Gasteiger charge is -2.10. The Balaban J connectivity index is 3.07. The molecule has 0 bridgehead atoms. The first-order valence-corrected chi connectivity index (χ1v) is 5.45. The van der Waals surface area contributed by atoms with Gasteiger partial charge >= 0.3 is 0 Å². The molecular weight excluding hydrogens is 214 g/mol. The zero-order valence-electron chi connectivity index (χ0n) is 8.64. The minimum Gasteiger partial charge on any atom is -0.395 e. The zero-order chi connectivity index (χ0) is 11.4. The van der Waals surface area contributed by atoms with E-state index in [1.165, 1.54) is 17.8 Å². The van der Waals surface area contributed by atoms with Crippen molar-refractivity contribution >= 4 is 17.4 Å². The molecule has 5 heteroatoms. The molecule has 0 aliphatic heterocycles. The number of benzene rings is 1. The molecule has 1 atom stereocenters. The van der Waals surface area contributed by atoms with Gasteiger partial charge in [-0.15, -0.1) is 11.8 Å². The molecule has 0 heterocycles. The predicted molar refractivity (Wildman–Crippen MR) is 60.2 cm³/mol. The summed E-state index contributed by atoms with van der Waals surface area (Å²) in [6.07, 6.45) is 0. The van der Waals surface area contributed by atoms with Gasteiger partial charge in [0.2, 0.25) is 0 Å². The van der Waals surface area contributed by atoms with Crippen LogP contribution in [0.3, 0.4) is 0 Å². The van der Waals surface area contributed by atoms with Crippen molar-refractivity contribution in [2.75, 3.05) is 6.61 Å². The molecule has 0 aliphatic carbocycles. The minimum absolute atomic E-state index is 0.0101. The van der Waals surface area contributed by atoms with Crippen LogP contribution in [0.4, 0.5) is 5.69 Å². The van der Waals surface area contributed by atoms with Crippen LogP contribution < -0.4 is 0 Å². The summed E-state index contributed by atoms with van der Waals surface area (Å²) in [5, 5.41) is 19.7. The smallest absolute Gasteiger partial charge is 0.283 e. The fraction of sp³-hybridized carbons (Fsp3) is 0.400. The van der Waals surface area contributed by atoms with Crippen LogP contribution in [-0.4, -0.2) is 21.9 Å². The van der Waals surface area contributed by atoms with E-state index in [1.54, 1.807) is 6.07 Å². The van der Waals surface area contributed by atoms with E-state index in [0.717, 1.165) is 5.56 Å². The number of aliphatic hydroxyl groups is 1. The number of rotatable bonds is 4. The summed E-state index contributed by atoms with van der Waals surface area (Å²) in [6, 6.07) is 4.99. The molecule has 0 saturated carbocycles. The predicted octanol–water partition coefficient (Wildman–Crippen LogP) is 2.38. The Hall–Kier alpha value is -1.07. The summed E-state index contributed by atoms with van der Waals surface area (Å²) < 4.78 is 0. The van der Waals surface area contributed by atoms with Crippen LogP contribution in [0.15, 0.2) is 23.1 Å².